The molecule has 0 aromatic rings. The van der Waals surface area contributed by atoms with E-state index in [1.165, 1.54) is 0 Å². The van der Waals surface area contributed by atoms with Crippen LogP contribution in [0.3, 0.4) is 0 Å². The first-order valence-corrected chi connectivity index (χ1v) is 17.3. The molecule has 0 aromatic carbocycles. The molecule has 0 bridgehead atoms. The van der Waals surface area contributed by atoms with E-state index in [4.69, 9.17) is 7.26 Å². The van der Waals surface area contributed by atoms with Crippen molar-refractivity contribution in [1.82, 2.24) is 0 Å². The second-order valence-electron chi connectivity index (χ2n) is 12.5. The van der Waals surface area contributed by atoms with E-state index in [1.807, 2.05) is 27.7 Å². The molecule has 0 aromatic heterocycles. The average molecular weight is 512 g/mol. The zero-order chi connectivity index (χ0) is 23.1. The average Bonchev–Trinajstić information content (AvgIpc) is 2.31. The molecule has 0 aliphatic carbocycles. The van der Waals surface area contributed by atoms with Crippen LogP contribution in [0, 0.1) is 0 Å². The molecule has 0 saturated heterocycles. The molecule has 0 heterocycles. The van der Waals surface area contributed by atoms with E-state index in [1.54, 1.807) is 0 Å². The summed E-state index contributed by atoms with van der Waals surface area (Å²) in [5.41, 5.74) is 2.02. The van der Waals surface area contributed by atoms with Crippen molar-refractivity contribution in [1.29, 1.82) is 0 Å². The Morgan fingerprint density at radius 3 is 0.750 bits per heavy atom. The number of hydrogen-bond acceptors (Lipinski definition) is 4. The molecule has 0 unspecified atom stereocenters. The van der Waals surface area contributed by atoms with Crippen LogP contribution in [0.15, 0.2) is 10.3 Å². The van der Waals surface area contributed by atoms with Gasteiger partial charge < -0.3 is 0 Å². The minimum atomic E-state index is -1.87. The molecule has 0 atom stereocenters. The van der Waals surface area contributed by atoms with E-state index in [0.717, 1.165) is 11.4 Å². The molecule has 28 heavy (non-hydrogen) atoms. The van der Waals surface area contributed by atoms with Crippen molar-refractivity contribution < 1.29 is 7.26 Å². The summed E-state index contributed by atoms with van der Waals surface area (Å²) in [6, 6.07) is 0. The van der Waals surface area contributed by atoms with E-state index < -0.39 is 33.2 Å². The standard InChI is InChI=1S/4C4H9.2C3H7NO.2Ga/c4*1-4(2)3;2*1-3(2)4-5;;/h4*1-3H3;2*5H,1-2H3;;/q;;;;;;2*+1/p-2. The van der Waals surface area contributed by atoms with Crippen LogP contribution < -0.4 is 0 Å². The predicted octanol–water partition coefficient (Wildman–Crippen LogP) is 7.98. The second-order valence-corrected chi connectivity index (χ2v) is 31.1. The third-order valence-corrected chi connectivity index (χ3v) is 18.4. The minimum absolute atomic E-state index is 0.296. The molecule has 4 nitrogen and oxygen atoms in total. The molecule has 0 aliphatic rings. The van der Waals surface area contributed by atoms with Gasteiger partial charge >= 0.3 is 189 Å². The Morgan fingerprint density at radius 1 is 0.464 bits per heavy atom. The van der Waals surface area contributed by atoms with Gasteiger partial charge in [0.15, 0.2) is 0 Å². The van der Waals surface area contributed by atoms with Gasteiger partial charge in [0, 0.05) is 0 Å². The SMILES string of the molecule is CC(C)=N[O][Ga]([C](C)(C)C)[C](C)(C)C.CC(C)=N[O][Ga]([C](C)(C)C)[C](C)(C)C. The van der Waals surface area contributed by atoms with Crippen LogP contribution in [0.4, 0.5) is 0 Å². The van der Waals surface area contributed by atoms with Gasteiger partial charge in [-0.25, -0.2) is 0 Å². The van der Waals surface area contributed by atoms with Gasteiger partial charge in [-0.05, 0) is 0 Å². The molecule has 0 amide bonds. The van der Waals surface area contributed by atoms with Crippen LogP contribution in [0.25, 0.3) is 0 Å². The zero-order valence-electron chi connectivity index (χ0n) is 21.9. The summed E-state index contributed by atoms with van der Waals surface area (Å²) < 4.78 is 12.8. The van der Waals surface area contributed by atoms with Gasteiger partial charge in [-0.3, -0.25) is 0 Å². The maximum atomic E-state index is 5.81. The summed E-state index contributed by atoms with van der Waals surface area (Å²) in [5, 5.41) is 8.32. The molecule has 0 N–H and O–H groups in total. The number of nitrogens with zero attached hydrogens (tertiary/aromatic N) is 2. The van der Waals surface area contributed by atoms with Crippen molar-refractivity contribution in [2.24, 2.45) is 10.3 Å². The topological polar surface area (TPSA) is 43.2 Å². The molecule has 0 spiro atoms. The van der Waals surface area contributed by atoms with Gasteiger partial charge in [0.25, 0.3) is 0 Å². The summed E-state index contributed by atoms with van der Waals surface area (Å²) in [6.07, 6.45) is 0. The summed E-state index contributed by atoms with van der Waals surface area (Å²) >= 11 is -3.75. The molecule has 0 saturated carbocycles. The van der Waals surface area contributed by atoms with Gasteiger partial charge in [0.1, 0.15) is 0 Å². The monoisotopic (exact) mass is 510 g/mol. The van der Waals surface area contributed by atoms with Crippen molar-refractivity contribution in [3.63, 3.8) is 0 Å². The Morgan fingerprint density at radius 2 is 0.643 bits per heavy atom. The number of oxime groups is 2. The maximum absolute atomic E-state index is 5.81. The number of hydrogen-bond donors (Lipinski definition) is 0. The third kappa shape index (κ3) is 14.2. The normalized spacial score (nSPS) is 12.3. The first-order chi connectivity index (χ1) is 12.1. The van der Waals surface area contributed by atoms with Gasteiger partial charge in [-0.2, -0.15) is 0 Å². The van der Waals surface area contributed by atoms with E-state index in [-0.39, 0.29) is 0 Å². The first kappa shape index (κ1) is 30.4. The van der Waals surface area contributed by atoms with E-state index in [0.29, 0.717) is 15.9 Å². The summed E-state index contributed by atoms with van der Waals surface area (Å²) in [4.78, 5) is 0. The molecule has 0 fully saturated rings. The van der Waals surface area contributed by atoms with Crippen molar-refractivity contribution in [3.05, 3.63) is 0 Å². The summed E-state index contributed by atoms with van der Waals surface area (Å²) in [5.74, 6) is 0. The molecular weight excluding hydrogens is 464 g/mol. The Hall–Kier alpha value is 0.213. The van der Waals surface area contributed by atoms with Crippen LogP contribution in [0.1, 0.15) is 111 Å². The number of rotatable bonds is 4. The molecule has 0 aliphatic heterocycles. The first-order valence-electron chi connectivity index (χ1n) is 10.4. The van der Waals surface area contributed by atoms with Crippen molar-refractivity contribution >= 4 is 44.6 Å². The van der Waals surface area contributed by atoms with Crippen LogP contribution >= 0.6 is 0 Å². The van der Waals surface area contributed by atoms with Gasteiger partial charge in [-0.1, -0.05) is 0 Å². The fourth-order valence-corrected chi connectivity index (χ4v) is 18.4. The van der Waals surface area contributed by atoms with Crippen LogP contribution in [0.2, 0.25) is 15.9 Å². The van der Waals surface area contributed by atoms with E-state index in [2.05, 4.69) is 93.4 Å². The Balaban J connectivity index is 0. The van der Waals surface area contributed by atoms with Crippen LogP contribution in [0.5, 0.6) is 0 Å². The fraction of sp³-hybridized carbons (Fsp3) is 0.909. The molecular formula is C22H48Ga2N2O2. The van der Waals surface area contributed by atoms with Gasteiger partial charge in [0.05, 0.1) is 0 Å². The summed E-state index contributed by atoms with van der Waals surface area (Å²) in [7, 11) is 0. The molecule has 0 rings (SSSR count). The van der Waals surface area contributed by atoms with Crippen molar-refractivity contribution in [2.45, 2.75) is 127 Å². The quantitative estimate of drug-likeness (QED) is 0.218. The Labute approximate surface area is 188 Å². The van der Waals surface area contributed by atoms with Crippen LogP contribution in [-0.2, 0) is 7.26 Å². The van der Waals surface area contributed by atoms with E-state index >= 15 is 0 Å². The fourth-order valence-electron chi connectivity index (χ4n) is 3.55. The zero-order valence-corrected chi connectivity index (χ0v) is 26.7. The van der Waals surface area contributed by atoms with Gasteiger partial charge in [-0.15, -0.1) is 0 Å². The molecule has 6 heteroatoms. The van der Waals surface area contributed by atoms with E-state index in [9.17, 15) is 0 Å². The van der Waals surface area contributed by atoms with Gasteiger partial charge in [0.2, 0.25) is 0 Å². The third-order valence-electron chi connectivity index (χ3n) is 3.83. The van der Waals surface area contributed by atoms with Crippen molar-refractivity contribution in [2.75, 3.05) is 0 Å². The second kappa shape index (κ2) is 11.6. The Kier molecular flexibility index (Phi) is 12.6. The molecule has 164 valence electrons. The summed E-state index contributed by atoms with van der Waals surface area (Å²) in [6.45, 7) is 35.1. The Bertz CT molecular complexity index is 433. The molecule has 0 radical (unpaired) electrons. The van der Waals surface area contributed by atoms with Crippen LogP contribution in [-0.4, -0.2) is 44.6 Å². The van der Waals surface area contributed by atoms with Crippen molar-refractivity contribution in [3.8, 4) is 0 Å². The predicted molar refractivity (Wildman–Crippen MR) is 130 cm³/mol.